The molecule has 6 heteroatoms. The predicted octanol–water partition coefficient (Wildman–Crippen LogP) is 4.60. The Kier molecular flexibility index (Phi) is 4.90. The average molecular weight is 357 g/mol. The van der Waals surface area contributed by atoms with Crippen LogP contribution in [0.25, 0.3) is 22.3 Å². The fraction of sp³-hybridized carbons (Fsp3) is 0.316. The highest BCUT2D eigenvalue weighted by Gasteiger charge is 2.17. The summed E-state index contributed by atoms with van der Waals surface area (Å²) in [7, 11) is 0. The van der Waals surface area contributed by atoms with Gasteiger partial charge in [0.05, 0.1) is 5.69 Å². The molecule has 0 aliphatic heterocycles. The number of pyridine rings is 1. The predicted molar refractivity (Wildman–Crippen MR) is 101 cm³/mol. The number of thioether (sulfide) groups is 1. The molecule has 25 heavy (non-hydrogen) atoms. The molecular formula is C19H20FN3OS. The van der Waals surface area contributed by atoms with Gasteiger partial charge in [-0.25, -0.2) is 14.4 Å². The van der Waals surface area contributed by atoms with Crippen LogP contribution in [0.4, 0.5) is 4.39 Å². The molecule has 0 amide bonds. The second-order valence-corrected chi connectivity index (χ2v) is 6.83. The smallest absolute Gasteiger partial charge is 0.252 e. The number of rotatable bonds is 4. The zero-order chi connectivity index (χ0) is 18.1. The third kappa shape index (κ3) is 3.18. The maximum absolute atomic E-state index is 13.5. The number of aromatic nitrogens is 3. The third-order valence-electron chi connectivity index (χ3n) is 4.42. The van der Waals surface area contributed by atoms with Crippen molar-refractivity contribution in [1.29, 1.82) is 0 Å². The molecule has 1 atom stereocenters. The number of halogens is 1. The van der Waals surface area contributed by atoms with Crippen molar-refractivity contribution in [2.45, 2.75) is 38.4 Å². The van der Waals surface area contributed by atoms with E-state index in [1.807, 2.05) is 27.0 Å². The van der Waals surface area contributed by atoms with Crippen molar-refractivity contribution < 1.29 is 4.39 Å². The first-order valence-electron chi connectivity index (χ1n) is 8.20. The van der Waals surface area contributed by atoms with Crippen LogP contribution in [0.5, 0.6) is 0 Å². The maximum atomic E-state index is 13.5. The molecule has 3 aromatic rings. The van der Waals surface area contributed by atoms with Crippen LogP contribution in [-0.2, 0) is 0 Å². The standard InChI is InChI=1S/C19H20FN3OS/c1-5-12(3)23-16(24)9-8-15-17(21-19(25-4)22-18(15)23)14-7-6-13(20)10-11(14)2/h6-10,12H,5H2,1-4H3. The minimum Gasteiger partial charge on any atom is -0.290 e. The van der Waals surface area contributed by atoms with Gasteiger partial charge in [-0.2, -0.15) is 0 Å². The Morgan fingerprint density at radius 3 is 2.64 bits per heavy atom. The van der Waals surface area contributed by atoms with E-state index in [9.17, 15) is 9.18 Å². The summed E-state index contributed by atoms with van der Waals surface area (Å²) in [5.41, 5.74) is 2.92. The Hall–Kier alpha value is -2.21. The second kappa shape index (κ2) is 6.96. The number of hydrogen-bond donors (Lipinski definition) is 0. The first-order chi connectivity index (χ1) is 12.0. The van der Waals surface area contributed by atoms with Gasteiger partial charge in [-0.15, -0.1) is 0 Å². The Morgan fingerprint density at radius 2 is 2.00 bits per heavy atom. The van der Waals surface area contributed by atoms with E-state index in [4.69, 9.17) is 0 Å². The number of benzene rings is 1. The van der Waals surface area contributed by atoms with Gasteiger partial charge in [-0.05, 0) is 56.4 Å². The van der Waals surface area contributed by atoms with Gasteiger partial charge in [0.1, 0.15) is 11.5 Å². The molecule has 130 valence electrons. The third-order valence-corrected chi connectivity index (χ3v) is 4.97. The van der Waals surface area contributed by atoms with Gasteiger partial charge < -0.3 is 0 Å². The van der Waals surface area contributed by atoms with Gasteiger partial charge in [0.2, 0.25) is 0 Å². The van der Waals surface area contributed by atoms with Gasteiger partial charge in [-0.3, -0.25) is 9.36 Å². The van der Waals surface area contributed by atoms with E-state index < -0.39 is 0 Å². The number of fused-ring (bicyclic) bond motifs is 1. The van der Waals surface area contributed by atoms with E-state index >= 15 is 0 Å². The first kappa shape index (κ1) is 17.6. The van der Waals surface area contributed by atoms with E-state index in [1.54, 1.807) is 22.8 Å². The van der Waals surface area contributed by atoms with E-state index in [0.29, 0.717) is 10.8 Å². The molecule has 4 nitrogen and oxygen atoms in total. The quantitative estimate of drug-likeness (QED) is 0.506. The van der Waals surface area contributed by atoms with E-state index in [2.05, 4.69) is 9.97 Å². The Balaban J connectivity index is 2.42. The summed E-state index contributed by atoms with van der Waals surface area (Å²) in [6.45, 7) is 5.90. The largest absolute Gasteiger partial charge is 0.290 e. The van der Waals surface area contributed by atoms with Crippen LogP contribution in [0.3, 0.4) is 0 Å². The summed E-state index contributed by atoms with van der Waals surface area (Å²) in [6.07, 6.45) is 2.72. The number of hydrogen-bond acceptors (Lipinski definition) is 4. The monoisotopic (exact) mass is 357 g/mol. The van der Waals surface area contributed by atoms with Crippen molar-refractivity contribution in [3.63, 3.8) is 0 Å². The van der Waals surface area contributed by atoms with Crippen LogP contribution < -0.4 is 5.56 Å². The van der Waals surface area contributed by atoms with Crippen LogP contribution in [0.2, 0.25) is 0 Å². The molecule has 0 fully saturated rings. The van der Waals surface area contributed by atoms with E-state index in [0.717, 1.165) is 28.6 Å². The summed E-state index contributed by atoms with van der Waals surface area (Å²) >= 11 is 1.42. The molecule has 1 aromatic carbocycles. The van der Waals surface area contributed by atoms with E-state index in [-0.39, 0.29) is 17.4 Å². The van der Waals surface area contributed by atoms with Crippen LogP contribution in [0, 0.1) is 12.7 Å². The van der Waals surface area contributed by atoms with E-state index in [1.165, 1.54) is 23.9 Å². The molecule has 0 aliphatic carbocycles. The first-order valence-corrected chi connectivity index (χ1v) is 9.42. The van der Waals surface area contributed by atoms with Gasteiger partial charge in [0.25, 0.3) is 5.56 Å². The molecule has 2 aromatic heterocycles. The molecule has 1 unspecified atom stereocenters. The Bertz CT molecular complexity index is 1000. The fourth-order valence-electron chi connectivity index (χ4n) is 2.91. The zero-order valence-corrected chi connectivity index (χ0v) is 15.5. The van der Waals surface area contributed by atoms with Gasteiger partial charge >= 0.3 is 0 Å². The molecule has 2 heterocycles. The molecule has 0 spiro atoms. The maximum Gasteiger partial charge on any atom is 0.252 e. The normalized spacial score (nSPS) is 12.5. The summed E-state index contributed by atoms with van der Waals surface area (Å²) in [4.78, 5) is 21.7. The molecule has 0 N–H and O–H groups in total. The van der Waals surface area contributed by atoms with Gasteiger partial charge in [0, 0.05) is 23.1 Å². The highest BCUT2D eigenvalue weighted by atomic mass is 32.2. The van der Waals surface area contributed by atoms with Crippen molar-refractivity contribution in [3.05, 3.63) is 52.1 Å². The van der Waals surface area contributed by atoms with Gasteiger partial charge in [0.15, 0.2) is 5.16 Å². The molecule has 0 saturated heterocycles. The average Bonchev–Trinajstić information content (AvgIpc) is 2.60. The van der Waals surface area contributed by atoms with Crippen LogP contribution in [-0.4, -0.2) is 20.8 Å². The van der Waals surface area contributed by atoms with Crippen molar-refractivity contribution >= 4 is 22.8 Å². The lowest BCUT2D eigenvalue weighted by Gasteiger charge is -2.17. The van der Waals surface area contributed by atoms with Crippen molar-refractivity contribution in [1.82, 2.24) is 14.5 Å². The minimum atomic E-state index is -0.277. The lowest BCUT2D eigenvalue weighted by atomic mass is 10.0. The molecule has 0 saturated carbocycles. The van der Waals surface area contributed by atoms with Crippen LogP contribution in [0.15, 0.2) is 40.3 Å². The van der Waals surface area contributed by atoms with Crippen molar-refractivity contribution in [2.24, 2.45) is 0 Å². The molecular weight excluding hydrogens is 337 g/mol. The highest BCUT2D eigenvalue weighted by molar-refractivity contribution is 7.98. The summed E-state index contributed by atoms with van der Waals surface area (Å²) in [5.74, 6) is -0.277. The lowest BCUT2D eigenvalue weighted by Crippen LogP contribution is -2.23. The fourth-order valence-corrected chi connectivity index (χ4v) is 3.27. The molecule has 3 rings (SSSR count). The Morgan fingerprint density at radius 1 is 1.24 bits per heavy atom. The molecule has 0 radical (unpaired) electrons. The summed E-state index contributed by atoms with van der Waals surface area (Å²) in [6, 6.07) is 8.00. The highest BCUT2D eigenvalue weighted by Crippen LogP contribution is 2.31. The minimum absolute atomic E-state index is 0.0305. The number of nitrogens with zero attached hydrogens (tertiary/aromatic N) is 3. The van der Waals surface area contributed by atoms with Gasteiger partial charge in [-0.1, -0.05) is 18.7 Å². The number of aryl methyl sites for hydroxylation is 1. The molecule has 0 aliphatic rings. The second-order valence-electron chi connectivity index (χ2n) is 6.05. The Labute approximate surface area is 150 Å². The zero-order valence-electron chi connectivity index (χ0n) is 14.7. The summed E-state index contributed by atoms with van der Waals surface area (Å²) < 4.78 is 15.2. The van der Waals surface area contributed by atoms with Crippen LogP contribution in [0.1, 0.15) is 31.9 Å². The lowest BCUT2D eigenvalue weighted by molar-refractivity contribution is 0.526. The van der Waals surface area contributed by atoms with Crippen LogP contribution >= 0.6 is 11.8 Å². The summed E-state index contributed by atoms with van der Waals surface area (Å²) in [5, 5.41) is 1.39. The topological polar surface area (TPSA) is 47.8 Å². The SMILES string of the molecule is CCC(C)n1c(=O)ccc2c(-c3ccc(F)cc3C)nc(SC)nc21. The van der Waals surface area contributed by atoms with Crippen molar-refractivity contribution in [3.8, 4) is 11.3 Å². The van der Waals surface area contributed by atoms with Crippen molar-refractivity contribution in [2.75, 3.05) is 6.26 Å². The molecule has 0 bridgehead atoms.